The third-order valence-corrected chi connectivity index (χ3v) is 9.00. The molecule has 4 heterocycles. The molecule has 0 bridgehead atoms. The average Bonchev–Trinajstić information content (AvgIpc) is 3.33. The third-order valence-electron chi connectivity index (χ3n) is 9.00. The Hall–Kier alpha value is -4.53. The summed E-state index contributed by atoms with van der Waals surface area (Å²) < 4.78 is 38.6. The van der Waals surface area contributed by atoms with Gasteiger partial charge >= 0.3 is 5.97 Å². The summed E-state index contributed by atoms with van der Waals surface area (Å²) in [6, 6.07) is 15.5. The second-order valence-corrected chi connectivity index (χ2v) is 11.6. The summed E-state index contributed by atoms with van der Waals surface area (Å²) in [5.74, 6) is 2.35. The molecule has 4 aromatic rings. The first-order chi connectivity index (χ1) is 21.4. The van der Waals surface area contributed by atoms with Gasteiger partial charge in [-0.3, -0.25) is 4.90 Å². The highest BCUT2D eigenvalue weighted by atomic mass is 19.1. The first-order valence-corrected chi connectivity index (χ1v) is 14.7. The number of benzene rings is 2. The molecule has 10 nitrogen and oxygen atoms in total. The van der Waals surface area contributed by atoms with Crippen molar-refractivity contribution in [2.45, 2.75) is 38.1 Å². The molecule has 2 aliphatic heterocycles. The van der Waals surface area contributed by atoms with E-state index in [1.165, 1.54) is 13.2 Å². The van der Waals surface area contributed by atoms with Crippen molar-refractivity contribution in [3.8, 4) is 17.7 Å². The molecule has 4 atom stereocenters. The lowest BCUT2D eigenvalue weighted by molar-refractivity contribution is -0.0591. The monoisotopic (exact) mass is 597 g/mol. The molecule has 3 aliphatic rings. The molecule has 3 fully saturated rings. The van der Waals surface area contributed by atoms with Crippen LogP contribution in [-0.2, 0) is 29.2 Å². The number of piperidine rings is 1. The molecule has 1 aliphatic carbocycles. The van der Waals surface area contributed by atoms with Crippen molar-refractivity contribution in [2.24, 2.45) is 11.8 Å². The minimum atomic E-state index is -0.465. The Bertz CT molecular complexity index is 1770. The van der Waals surface area contributed by atoms with E-state index >= 15 is 0 Å². The number of nitrogens with zero attached hydrogens (tertiary/aromatic N) is 5. The molecule has 0 radical (unpaired) electrons. The highest BCUT2D eigenvalue weighted by Gasteiger charge is 2.57. The van der Waals surface area contributed by atoms with Gasteiger partial charge in [-0.15, -0.1) is 0 Å². The Morgan fingerprint density at radius 2 is 1.95 bits per heavy atom. The molecule has 1 saturated carbocycles. The SMILES string of the molecule is COC(=O)c1cc(OC)c2nc(CN3C[C@@H]4C(c5cccc(OCc6ccc(C#N)cc6F)n5)[C@@H]4C3)n(C[C@@H]3CCO3)c2c1. The molecule has 0 amide bonds. The van der Waals surface area contributed by atoms with Crippen molar-refractivity contribution >= 4 is 17.0 Å². The summed E-state index contributed by atoms with van der Waals surface area (Å²) in [7, 11) is 2.95. The van der Waals surface area contributed by atoms with Gasteiger partial charge in [0.25, 0.3) is 0 Å². The molecule has 7 rings (SSSR count). The normalized spacial score (nSPS) is 22.2. The molecular formula is C33H32FN5O5. The number of rotatable bonds is 10. The number of aromatic nitrogens is 3. The van der Waals surface area contributed by atoms with Gasteiger partial charge in [0, 0.05) is 42.9 Å². The number of halogens is 1. The molecule has 2 aromatic carbocycles. The number of imidazole rings is 1. The van der Waals surface area contributed by atoms with E-state index in [-0.39, 0.29) is 18.3 Å². The van der Waals surface area contributed by atoms with Crippen LogP contribution in [0.4, 0.5) is 4.39 Å². The van der Waals surface area contributed by atoms with Gasteiger partial charge in [0.1, 0.15) is 29.5 Å². The van der Waals surface area contributed by atoms with Crippen molar-refractivity contribution in [2.75, 3.05) is 33.9 Å². The van der Waals surface area contributed by atoms with E-state index in [0.717, 1.165) is 48.7 Å². The minimum Gasteiger partial charge on any atom is -0.494 e. The van der Waals surface area contributed by atoms with Crippen molar-refractivity contribution in [1.29, 1.82) is 5.26 Å². The lowest BCUT2D eigenvalue weighted by Crippen LogP contribution is -2.33. The van der Waals surface area contributed by atoms with Gasteiger partial charge in [0.2, 0.25) is 5.88 Å². The van der Waals surface area contributed by atoms with Crippen LogP contribution in [0.25, 0.3) is 11.0 Å². The van der Waals surface area contributed by atoms with Crippen LogP contribution < -0.4 is 9.47 Å². The Morgan fingerprint density at radius 1 is 1.14 bits per heavy atom. The smallest absolute Gasteiger partial charge is 0.338 e. The van der Waals surface area contributed by atoms with Crippen LogP contribution in [0.3, 0.4) is 0 Å². The van der Waals surface area contributed by atoms with E-state index in [9.17, 15) is 9.18 Å². The second-order valence-electron chi connectivity index (χ2n) is 11.6. The Labute approximate surface area is 253 Å². The van der Waals surface area contributed by atoms with Gasteiger partial charge in [-0.1, -0.05) is 12.1 Å². The van der Waals surface area contributed by atoms with E-state index < -0.39 is 11.8 Å². The highest BCUT2D eigenvalue weighted by Crippen LogP contribution is 2.58. The standard InChI is InChI=1S/C33H32FN5O5/c1-41-28-12-21(33(40)42-2)11-27-32(28)37-29(39(27)14-22-8-9-43-22)17-38-15-23-24(16-38)31(23)26-4-3-5-30(36-26)44-18-20-7-6-19(13-35)10-25(20)34/h3-7,10-12,22-24,31H,8-9,14-18H2,1-2H3/t22-,23-,24+,31?/m0/s1. The fourth-order valence-corrected chi connectivity index (χ4v) is 6.55. The number of carbonyl (C=O) groups is 1. The van der Waals surface area contributed by atoms with E-state index in [1.807, 2.05) is 24.3 Å². The van der Waals surface area contributed by atoms with Crippen LogP contribution in [0.2, 0.25) is 0 Å². The summed E-state index contributed by atoms with van der Waals surface area (Å²) in [4.78, 5) is 24.5. The number of likely N-dealkylation sites (tertiary alicyclic amines) is 1. The topological polar surface area (TPSA) is 112 Å². The molecule has 0 spiro atoms. The van der Waals surface area contributed by atoms with E-state index in [4.69, 9.17) is 34.2 Å². The van der Waals surface area contributed by atoms with Gasteiger partial charge in [-0.25, -0.2) is 19.2 Å². The van der Waals surface area contributed by atoms with Crippen LogP contribution >= 0.6 is 0 Å². The number of nitriles is 1. The molecule has 0 N–H and O–H groups in total. The summed E-state index contributed by atoms with van der Waals surface area (Å²) >= 11 is 0. The number of esters is 1. The Kier molecular flexibility index (Phi) is 7.40. The van der Waals surface area contributed by atoms with Crippen LogP contribution in [0.15, 0.2) is 48.5 Å². The average molecular weight is 598 g/mol. The number of fused-ring (bicyclic) bond motifs is 2. The maximum absolute atomic E-state index is 14.3. The van der Waals surface area contributed by atoms with Gasteiger partial charge in [-0.05, 0) is 48.6 Å². The first-order valence-electron chi connectivity index (χ1n) is 14.7. The molecule has 11 heteroatoms. The summed E-state index contributed by atoms with van der Waals surface area (Å²) in [5.41, 5.74) is 3.62. The molecule has 1 unspecified atom stereocenters. The molecule has 2 aromatic heterocycles. The van der Waals surface area contributed by atoms with E-state index in [0.29, 0.717) is 53.6 Å². The molecular weight excluding hydrogens is 565 g/mol. The number of carbonyl (C=O) groups excluding carboxylic acids is 1. The molecule has 44 heavy (non-hydrogen) atoms. The van der Waals surface area contributed by atoms with Gasteiger partial charge in [-0.2, -0.15) is 5.26 Å². The zero-order chi connectivity index (χ0) is 30.4. The van der Waals surface area contributed by atoms with Crippen LogP contribution in [-0.4, -0.2) is 65.4 Å². The first kappa shape index (κ1) is 28.3. The Balaban J connectivity index is 1.04. The third kappa shape index (κ3) is 5.25. The Morgan fingerprint density at radius 3 is 2.64 bits per heavy atom. The number of ether oxygens (including phenoxy) is 4. The van der Waals surface area contributed by atoms with Crippen molar-refractivity contribution in [3.05, 3.63) is 82.6 Å². The fourth-order valence-electron chi connectivity index (χ4n) is 6.55. The predicted octanol–water partition coefficient (Wildman–Crippen LogP) is 4.45. The zero-order valence-corrected chi connectivity index (χ0v) is 24.5. The summed E-state index contributed by atoms with van der Waals surface area (Å²) in [5, 5.41) is 8.96. The maximum atomic E-state index is 14.3. The van der Waals surface area contributed by atoms with Gasteiger partial charge < -0.3 is 23.5 Å². The van der Waals surface area contributed by atoms with Crippen molar-refractivity contribution < 1.29 is 28.1 Å². The van der Waals surface area contributed by atoms with Crippen molar-refractivity contribution in [3.63, 3.8) is 0 Å². The van der Waals surface area contributed by atoms with Crippen LogP contribution in [0.1, 0.15) is 45.3 Å². The molecule has 226 valence electrons. The fraction of sp³-hybridized carbons (Fsp3) is 0.394. The summed E-state index contributed by atoms with van der Waals surface area (Å²) in [6.07, 6.45) is 1.10. The highest BCUT2D eigenvalue weighted by molar-refractivity contribution is 5.96. The van der Waals surface area contributed by atoms with E-state index in [2.05, 4.69) is 9.47 Å². The lowest BCUT2D eigenvalue weighted by Gasteiger charge is -2.28. The van der Waals surface area contributed by atoms with Gasteiger partial charge in [0.15, 0.2) is 0 Å². The largest absolute Gasteiger partial charge is 0.494 e. The lowest BCUT2D eigenvalue weighted by atomic mass is 10.1. The van der Waals surface area contributed by atoms with Crippen LogP contribution in [0.5, 0.6) is 11.6 Å². The zero-order valence-electron chi connectivity index (χ0n) is 24.5. The maximum Gasteiger partial charge on any atom is 0.338 e. The number of pyridine rings is 1. The van der Waals surface area contributed by atoms with Crippen molar-refractivity contribution in [1.82, 2.24) is 19.4 Å². The summed E-state index contributed by atoms with van der Waals surface area (Å²) in [6.45, 7) is 3.97. The second kappa shape index (κ2) is 11.5. The minimum absolute atomic E-state index is 0.0398. The van der Waals surface area contributed by atoms with Gasteiger partial charge in [0.05, 0.1) is 56.1 Å². The number of hydrogen-bond donors (Lipinski definition) is 0. The van der Waals surface area contributed by atoms with Crippen LogP contribution in [0, 0.1) is 29.0 Å². The number of hydrogen-bond acceptors (Lipinski definition) is 9. The van der Waals surface area contributed by atoms with E-state index in [1.54, 1.807) is 31.4 Å². The quantitative estimate of drug-likeness (QED) is 0.245. The predicted molar refractivity (Wildman–Crippen MR) is 157 cm³/mol. The molecule has 2 saturated heterocycles. The number of methoxy groups -OCH3 is 2.